The van der Waals surface area contributed by atoms with Crippen LogP contribution in [0.5, 0.6) is 0 Å². The summed E-state index contributed by atoms with van der Waals surface area (Å²) in [5.74, 6) is 0.400. The summed E-state index contributed by atoms with van der Waals surface area (Å²) in [4.78, 5) is 27.2. The quantitative estimate of drug-likeness (QED) is 0.251. The van der Waals surface area contributed by atoms with Crippen LogP contribution in [0.15, 0.2) is 78.8 Å². The average Bonchev–Trinajstić information content (AvgIpc) is 2.82. The topological polar surface area (TPSA) is 112 Å². The number of hydrogen-bond donors (Lipinski definition) is 3. The molecule has 0 aliphatic rings. The predicted molar refractivity (Wildman–Crippen MR) is 150 cm³/mol. The van der Waals surface area contributed by atoms with Gasteiger partial charge in [-0.25, -0.2) is 4.98 Å². The van der Waals surface area contributed by atoms with Crippen LogP contribution >= 0.6 is 0 Å². The van der Waals surface area contributed by atoms with Crippen molar-refractivity contribution >= 4 is 23.9 Å². The molecule has 1 heterocycles. The number of nitrogens with one attached hydrogen (secondary N) is 1. The SMILES string of the molecule is C=C(C)C(=C)C(N)=O.CCCc1ccc(N(C)/C=C(/CNc2cc(C)ccn2)N(C)C)cc1.O=CO. The number of carboxylic acid groups (broad SMARTS) is 1. The first-order valence-electron chi connectivity index (χ1n) is 11.5. The molecule has 0 unspecified atom stereocenters. The lowest BCUT2D eigenvalue weighted by molar-refractivity contribution is -0.123. The molecule has 8 nitrogen and oxygen atoms in total. The number of primary amides is 1. The van der Waals surface area contributed by atoms with Gasteiger partial charge in [-0.3, -0.25) is 9.59 Å². The van der Waals surface area contributed by atoms with Crippen molar-refractivity contribution in [1.29, 1.82) is 0 Å². The molecule has 0 spiro atoms. The van der Waals surface area contributed by atoms with Gasteiger partial charge in [0.25, 0.3) is 6.47 Å². The van der Waals surface area contributed by atoms with Gasteiger partial charge < -0.3 is 26.0 Å². The third kappa shape index (κ3) is 13.0. The molecule has 0 aliphatic heterocycles. The lowest BCUT2D eigenvalue weighted by Crippen LogP contribution is -2.23. The highest BCUT2D eigenvalue weighted by Gasteiger charge is 2.05. The molecule has 1 amide bonds. The highest BCUT2D eigenvalue weighted by Crippen LogP contribution is 2.17. The van der Waals surface area contributed by atoms with Crippen molar-refractivity contribution in [2.45, 2.75) is 33.6 Å². The van der Waals surface area contributed by atoms with Gasteiger partial charge in [-0.1, -0.05) is 38.6 Å². The van der Waals surface area contributed by atoms with E-state index in [0.29, 0.717) is 11.1 Å². The van der Waals surface area contributed by atoms with Crippen LogP contribution in [0.4, 0.5) is 11.5 Å². The van der Waals surface area contributed by atoms with Crippen LogP contribution in [0.1, 0.15) is 31.4 Å². The van der Waals surface area contributed by atoms with E-state index in [1.807, 2.05) is 12.3 Å². The Labute approximate surface area is 215 Å². The smallest absolute Gasteiger partial charge is 0.290 e. The summed E-state index contributed by atoms with van der Waals surface area (Å²) >= 11 is 0. The summed E-state index contributed by atoms with van der Waals surface area (Å²) in [6.07, 6.45) is 6.31. The maximum Gasteiger partial charge on any atom is 0.290 e. The number of benzene rings is 1. The lowest BCUT2D eigenvalue weighted by Gasteiger charge is -2.23. The number of rotatable bonds is 10. The van der Waals surface area contributed by atoms with Gasteiger partial charge in [-0.2, -0.15) is 0 Å². The van der Waals surface area contributed by atoms with Crippen LogP contribution < -0.4 is 16.0 Å². The summed E-state index contributed by atoms with van der Waals surface area (Å²) < 4.78 is 0. The molecule has 8 heteroatoms. The molecule has 4 N–H and O–H groups in total. The first-order chi connectivity index (χ1) is 17.0. The van der Waals surface area contributed by atoms with Crippen LogP contribution in [-0.2, 0) is 16.0 Å². The van der Waals surface area contributed by atoms with Crippen LogP contribution in [0.2, 0.25) is 0 Å². The monoisotopic (exact) mass is 495 g/mol. The maximum absolute atomic E-state index is 10.2. The Balaban J connectivity index is 0.000000936. The third-order valence-electron chi connectivity index (χ3n) is 4.98. The molecule has 36 heavy (non-hydrogen) atoms. The van der Waals surface area contributed by atoms with E-state index in [-0.39, 0.29) is 6.47 Å². The van der Waals surface area contributed by atoms with E-state index < -0.39 is 5.91 Å². The van der Waals surface area contributed by atoms with Crippen molar-refractivity contribution < 1.29 is 14.7 Å². The fourth-order valence-electron chi connectivity index (χ4n) is 2.83. The Morgan fingerprint density at radius 1 is 1.17 bits per heavy atom. The number of carbonyl (C=O) groups is 2. The molecule has 2 rings (SSSR count). The van der Waals surface area contributed by atoms with E-state index in [1.54, 1.807) is 6.92 Å². The van der Waals surface area contributed by atoms with E-state index >= 15 is 0 Å². The van der Waals surface area contributed by atoms with Gasteiger partial charge in [0, 0.05) is 50.5 Å². The number of nitrogens with two attached hydrogens (primary N) is 1. The third-order valence-corrected chi connectivity index (χ3v) is 4.98. The van der Waals surface area contributed by atoms with E-state index in [9.17, 15) is 4.79 Å². The van der Waals surface area contributed by atoms with Crippen molar-refractivity contribution in [2.75, 3.05) is 37.9 Å². The molecule has 0 radical (unpaired) electrons. The maximum atomic E-state index is 10.2. The largest absolute Gasteiger partial charge is 0.483 e. The molecule has 0 atom stereocenters. The number of anilines is 2. The highest BCUT2D eigenvalue weighted by molar-refractivity contribution is 5.95. The minimum absolute atomic E-state index is 0.250. The predicted octanol–water partition coefficient (Wildman–Crippen LogP) is 4.60. The molecular formula is C28H41N5O3. The van der Waals surface area contributed by atoms with Crippen molar-refractivity contribution in [2.24, 2.45) is 5.73 Å². The fraction of sp³-hybridized carbons (Fsp3) is 0.321. The Kier molecular flexibility index (Phi) is 15.4. The van der Waals surface area contributed by atoms with Gasteiger partial charge in [0.2, 0.25) is 5.91 Å². The van der Waals surface area contributed by atoms with Crippen LogP contribution in [0.25, 0.3) is 0 Å². The number of amides is 1. The second kappa shape index (κ2) is 17.4. The summed E-state index contributed by atoms with van der Waals surface area (Å²) in [6.45, 7) is 13.3. The minimum Gasteiger partial charge on any atom is -0.483 e. The summed E-state index contributed by atoms with van der Waals surface area (Å²) in [5, 5.41) is 10.3. The first kappa shape index (κ1) is 31.9. The Bertz CT molecular complexity index is 998. The number of carbonyl (C=O) groups excluding carboxylic acids is 1. The minimum atomic E-state index is -0.502. The van der Waals surface area contributed by atoms with Crippen molar-refractivity contribution in [3.8, 4) is 0 Å². The Hall–Kier alpha value is -4.07. The molecule has 1 aromatic carbocycles. The van der Waals surface area contributed by atoms with Gasteiger partial charge in [0.1, 0.15) is 5.82 Å². The van der Waals surface area contributed by atoms with Gasteiger partial charge >= 0.3 is 0 Å². The molecule has 0 saturated heterocycles. The van der Waals surface area contributed by atoms with Crippen LogP contribution in [0.3, 0.4) is 0 Å². The standard InChI is InChI=1S/C21H30N4.C6H9NO.CH2O2/c1-6-7-18-8-10-19(11-9-18)25(5)16-20(24(3)4)15-23-21-14-17(2)12-13-22-21;1-4(2)5(3)6(7)8;2-1-3/h8-14,16H,6-7,15H2,1-5H3,(H,22,23);1,3H2,2H3,(H2,7,8);1H,(H,2,3)/b20-16-;;. The molecule has 0 fully saturated rings. The molecular weight excluding hydrogens is 454 g/mol. The van der Waals surface area contributed by atoms with Crippen LogP contribution in [-0.4, -0.2) is 55.1 Å². The van der Waals surface area contributed by atoms with Gasteiger partial charge in [0.05, 0.1) is 6.54 Å². The Morgan fingerprint density at radius 3 is 2.17 bits per heavy atom. The van der Waals surface area contributed by atoms with Crippen molar-refractivity contribution in [3.05, 3.63) is 89.9 Å². The molecule has 0 saturated carbocycles. The second-order valence-corrected chi connectivity index (χ2v) is 8.34. The number of aromatic nitrogens is 1. The fourth-order valence-corrected chi connectivity index (χ4v) is 2.83. The number of aryl methyl sites for hydroxylation is 2. The zero-order chi connectivity index (χ0) is 27.7. The van der Waals surface area contributed by atoms with Crippen LogP contribution in [0, 0.1) is 6.92 Å². The molecule has 0 bridgehead atoms. The summed E-state index contributed by atoms with van der Waals surface area (Å²) in [5.41, 5.74) is 10.7. The number of nitrogens with zero attached hydrogens (tertiary/aromatic N) is 3. The van der Waals surface area contributed by atoms with Gasteiger partial charge in [-0.05, 0) is 61.2 Å². The highest BCUT2D eigenvalue weighted by atomic mass is 16.3. The number of pyridine rings is 1. The van der Waals surface area contributed by atoms with E-state index in [1.165, 1.54) is 28.9 Å². The van der Waals surface area contributed by atoms with Crippen molar-refractivity contribution in [1.82, 2.24) is 9.88 Å². The zero-order valence-electron chi connectivity index (χ0n) is 22.4. The average molecular weight is 496 g/mol. The zero-order valence-corrected chi connectivity index (χ0v) is 22.4. The number of hydrogen-bond acceptors (Lipinski definition) is 6. The van der Waals surface area contributed by atoms with E-state index in [0.717, 1.165) is 18.8 Å². The molecule has 196 valence electrons. The second-order valence-electron chi connectivity index (χ2n) is 8.34. The molecule has 0 aliphatic carbocycles. The molecule has 2 aromatic rings. The molecule has 1 aromatic heterocycles. The van der Waals surface area contributed by atoms with Gasteiger partial charge in [-0.15, -0.1) is 0 Å². The summed E-state index contributed by atoms with van der Waals surface area (Å²) in [7, 11) is 6.22. The summed E-state index contributed by atoms with van der Waals surface area (Å²) in [6, 6.07) is 12.9. The van der Waals surface area contributed by atoms with E-state index in [2.05, 4.69) is 105 Å². The first-order valence-corrected chi connectivity index (χ1v) is 11.5. The Morgan fingerprint density at radius 2 is 1.75 bits per heavy atom. The normalized spacial score (nSPS) is 10.0. The van der Waals surface area contributed by atoms with Crippen molar-refractivity contribution in [3.63, 3.8) is 0 Å². The lowest BCUT2D eigenvalue weighted by atomic mass is 10.1. The van der Waals surface area contributed by atoms with Gasteiger partial charge in [0.15, 0.2) is 0 Å². The van der Waals surface area contributed by atoms with E-state index in [4.69, 9.17) is 15.6 Å². The number of likely N-dealkylation sites (N-methyl/N-ethyl adjacent to an activating group) is 1.